The average molecular weight is 425 g/mol. The molecule has 0 radical (unpaired) electrons. The molecular formula is C23H21ClN2O4. The van der Waals surface area contributed by atoms with Gasteiger partial charge in [-0.15, -0.1) is 0 Å². The van der Waals surface area contributed by atoms with Crippen LogP contribution in [0.3, 0.4) is 0 Å². The highest BCUT2D eigenvalue weighted by atomic mass is 35.5. The molecule has 30 heavy (non-hydrogen) atoms. The number of anilines is 1. The predicted octanol–water partition coefficient (Wildman–Crippen LogP) is 4.41. The van der Waals surface area contributed by atoms with Gasteiger partial charge in [0.05, 0.1) is 16.9 Å². The summed E-state index contributed by atoms with van der Waals surface area (Å²) in [7, 11) is 0. The maximum Gasteiger partial charge on any atom is 0.233 e. The minimum absolute atomic E-state index is 0.0578. The number of ether oxygens (including phenoxy) is 1. The fourth-order valence-corrected chi connectivity index (χ4v) is 3.96. The molecule has 1 heterocycles. The molecule has 2 aromatic rings. The van der Waals surface area contributed by atoms with E-state index in [1.807, 2.05) is 24.3 Å². The number of benzene rings is 2. The van der Waals surface area contributed by atoms with Gasteiger partial charge in [0.1, 0.15) is 11.5 Å². The third-order valence-corrected chi connectivity index (χ3v) is 5.68. The number of hydrogen-bond donors (Lipinski definition) is 1. The van der Waals surface area contributed by atoms with E-state index in [-0.39, 0.29) is 42.5 Å². The first-order valence-corrected chi connectivity index (χ1v) is 10.2. The third kappa shape index (κ3) is 4.24. The molecule has 4 rings (SSSR count). The van der Waals surface area contributed by atoms with E-state index in [4.69, 9.17) is 16.3 Å². The van der Waals surface area contributed by atoms with Crippen molar-refractivity contribution in [3.8, 4) is 11.5 Å². The quantitative estimate of drug-likeness (QED) is 0.550. The van der Waals surface area contributed by atoms with Crippen LogP contribution in [0.4, 0.5) is 5.69 Å². The van der Waals surface area contributed by atoms with E-state index in [0.29, 0.717) is 35.1 Å². The molecule has 2 atom stereocenters. The van der Waals surface area contributed by atoms with Gasteiger partial charge in [-0.25, -0.2) is 0 Å². The van der Waals surface area contributed by atoms with Crippen LogP contribution in [0.2, 0.25) is 5.02 Å². The molecule has 154 valence electrons. The predicted molar refractivity (Wildman–Crippen MR) is 113 cm³/mol. The largest absolute Gasteiger partial charge is 0.456 e. The molecule has 0 saturated carbocycles. The summed E-state index contributed by atoms with van der Waals surface area (Å²) in [5.74, 6) is 0.0134. The van der Waals surface area contributed by atoms with Gasteiger partial charge in [-0.2, -0.15) is 0 Å². The zero-order valence-corrected chi connectivity index (χ0v) is 17.0. The van der Waals surface area contributed by atoms with Crippen LogP contribution in [0.1, 0.15) is 19.3 Å². The molecule has 6 nitrogen and oxygen atoms in total. The summed E-state index contributed by atoms with van der Waals surface area (Å²) in [6.45, 7) is 0.101. The molecule has 0 spiro atoms. The Labute approximate surface area is 179 Å². The van der Waals surface area contributed by atoms with Crippen LogP contribution in [0.5, 0.6) is 11.5 Å². The molecule has 2 aromatic carbocycles. The number of halogens is 1. The van der Waals surface area contributed by atoms with Crippen LogP contribution in [-0.4, -0.2) is 29.2 Å². The van der Waals surface area contributed by atoms with Crippen LogP contribution in [-0.2, 0) is 14.4 Å². The SMILES string of the molecule is O=C(CCN1C(=O)[C@@H]2CC=CC[C@H]2C1=O)Nc1ccc(Oc2ccccc2Cl)cc1. The molecule has 1 aliphatic heterocycles. The summed E-state index contributed by atoms with van der Waals surface area (Å²) in [6, 6.07) is 14.1. The van der Waals surface area contributed by atoms with E-state index < -0.39 is 0 Å². The topological polar surface area (TPSA) is 75.7 Å². The summed E-state index contributed by atoms with van der Waals surface area (Å²) in [5, 5.41) is 3.29. The summed E-state index contributed by atoms with van der Waals surface area (Å²) in [5.41, 5.74) is 0.600. The third-order valence-electron chi connectivity index (χ3n) is 5.36. The number of carbonyl (C=O) groups is 3. The fraction of sp³-hybridized carbons (Fsp3) is 0.261. The first-order chi connectivity index (χ1) is 14.5. The van der Waals surface area contributed by atoms with Gasteiger partial charge in [-0.3, -0.25) is 19.3 Å². The van der Waals surface area contributed by atoms with Crippen LogP contribution in [0, 0.1) is 11.8 Å². The number of para-hydroxylation sites is 1. The number of fused-ring (bicyclic) bond motifs is 1. The van der Waals surface area contributed by atoms with Gasteiger partial charge >= 0.3 is 0 Å². The molecule has 2 aliphatic rings. The van der Waals surface area contributed by atoms with E-state index in [0.717, 1.165) is 0 Å². The van der Waals surface area contributed by atoms with Gasteiger partial charge in [-0.1, -0.05) is 35.9 Å². The van der Waals surface area contributed by atoms with Crippen LogP contribution in [0.15, 0.2) is 60.7 Å². The maximum atomic E-state index is 12.4. The lowest BCUT2D eigenvalue weighted by Gasteiger charge is -2.14. The van der Waals surface area contributed by atoms with Crippen LogP contribution >= 0.6 is 11.6 Å². The van der Waals surface area contributed by atoms with E-state index in [1.165, 1.54) is 4.90 Å². The molecule has 3 amide bonds. The molecule has 1 N–H and O–H groups in total. The van der Waals surface area contributed by atoms with Crippen molar-refractivity contribution < 1.29 is 19.1 Å². The highest BCUT2D eigenvalue weighted by Crippen LogP contribution is 2.35. The Morgan fingerprint density at radius 3 is 2.27 bits per heavy atom. The van der Waals surface area contributed by atoms with Gasteiger partial charge in [0.2, 0.25) is 17.7 Å². The van der Waals surface area contributed by atoms with Crippen molar-refractivity contribution in [2.24, 2.45) is 11.8 Å². The Morgan fingerprint density at radius 2 is 1.63 bits per heavy atom. The number of allylic oxidation sites excluding steroid dienone is 2. The lowest BCUT2D eigenvalue weighted by atomic mass is 9.85. The number of rotatable bonds is 6. The first-order valence-electron chi connectivity index (χ1n) is 9.85. The van der Waals surface area contributed by atoms with Crippen LogP contribution < -0.4 is 10.1 Å². The maximum absolute atomic E-state index is 12.4. The van der Waals surface area contributed by atoms with Gasteiger partial charge in [0.15, 0.2) is 0 Å². The number of amides is 3. The monoisotopic (exact) mass is 424 g/mol. The average Bonchev–Trinajstić information content (AvgIpc) is 3.00. The van der Waals surface area contributed by atoms with Crippen molar-refractivity contribution in [1.82, 2.24) is 4.90 Å². The Balaban J connectivity index is 1.30. The van der Waals surface area contributed by atoms with E-state index in [2.05, 4.69) is 5.32 Å². The molecule has 1 aliphatic carbocycles. The number of likely N-dealkylation sites (tertiary alicyclic amines) is 1. The summed E-state index contributed by atoms with van der Waals surface area (Å²) >= 11 is 6.09. The van der Waals surface area contributed by atoms with E-state index in [1.54, 1.807) is 36.4 Å². The molecule has 1 fully saturated rings. The Bertz CT molecular complexity index is 977. The Kier molecular flexibility index (Phi) is 5.86. The molecule has 0 aromatic heterocycles. The van der Waals surface area contributed by atoms with Gasteiger partial charge in [-0.05, 0) is 49.2 Å². The van der Waals surface area contributed by atoms with Crippen molar-refractivity contribution in [3.63, 3.8) is 0 Å². The summed E-state index contributed by atoms with van der Waals surface area (Å²) in [6.07, 6.45) is 5.15. The van der Waals surface area contributed by atoms with Crippen molar-refractivity contribution in [1.29, 1.82) is 0 Å². The minimum atomic E-state index is -0.267. The van der Waals surface area contributed by atoms with Gasteiger partial charge in [0.25, 0.3) is 0 Å². The first kappa shape index (κ1) is 20.2. The number of nitrogens with zero attached hydrogens (tertiary/aromatic N) is 1. The Morgan fingerprint density at radius 1 is 1.00 bits per heavy atom. The minimum Gasteiger partial charge on any atom is -0.456 e. The standard InChI is InChI=1S/C23H21ClN2O4/c24-19-7-3-4-8-20(19)30-16-11-9-15(10-12-16)25-21(27)13-14-26-22(28)17-5-1-2-6-18(17)23(26)29/h1-4,7-12,17-18H,5-6,13-14H2,(H,25,27)/t17-,18-/m1/s1. The van der Waals surface area contributed by atoms with Gasteiger partial charge < -0.3 is 10.1 Å². The summed E-state index contributed by atoms with van der Waals surface area (Å²) < 4.78 is 5.72. The van der Waals surface area contributed by atoms with Gasteiger partial charge in [0, 0.05) is 18.7 Å². The zero-order chi connectivity index (χ0) is 21.1. The molecule has 0 bridgehead atoms. The molecule has 0 unspecified atom stereocenters. The lowest BCUT2D eigenvalue weighted by Crippen LogP contribution is -2.34. The zero-order valence-electron chi connectivity index (χ0n) is 16.2. The van der Waals surface area contributed by atoms with Crippen molar-refractivity contribution in [2.75, 3.05) is 11.9 Å². The van der Waals surface area contributed by atoms with Crippen molar-refractivity contribution >= 4 is 35.0 Å². The second-order valence-electron chi connectivity index (χ2n) is 7.34. The second kappa shape index (κ2) is 8.71. The number of carbonyl (C=O) groups excluding carboxylic acids is 3. The molecule has 1 saturated heterocycles. The van der Waals surface area contributed by atoms with Crippen molar-refractivity contribution in [3.05, 3.63) is 65.7 Å². The number of hydrogen-bond acceptors (Lipinski definition) is 4. The highest BCUT2D eigenvalue weighted by molar-refractivity contribution is 6.32. The highest BCUT2D eigenvalue weighted by Gasteiger charge is 2.46. The van der Waals surface area contributed by atoms with E-state index >= 15 is 0 Å². The number of imide groups is 1. The summed E-state index contributed by atoms with van der Waals surface area (Å²) in [4.78, 5) is 38.4. The molecular weight excluding hydrogens is 404 g/mol. The second-order valence-corrected chi connectivity index (χ2v) is 7.75. The normalized spacial score (nSPS) is 20.2. The van der Waals surface area contributed by atoms with E-state index in [9.17, 15) is 14.4 Å². The Hall–Kier alpha value is -3.12. The molecule has 7 heteroatoms. The van der Waals surface area contributed by atoms with Crippen LogP contribution in [0.25, 0.3) is 0 Å². The lowest BCUT2D eigenvalue weighted by molar-refractivity contribution is -0.140. The smallest absolute Gasteiger partial charge is 0.233 e. The number of nitrogens with one attached hydrogen (secondary N) is 1. The van der Waals surface area contributed by atoms with Crippen molar-refractivity contribution in [2.45, 2.75) is 19.3 Å². The fourth-order valence-electron chi connectivity index (χ4n) is 3.79.